The Kier molecular flexibility index (Phi) is 16.8. The van der Waals surface area contributed by atoms with Crippen LogP contribution in [0.3, 0.4) is 0 Å². The van der Waals surface area contributed by atoms with E-state index in [4.69, 9.17) is 4.18 Å². The number of benzene rings is 1. The predicted molar refractivity (Wildman–Crippen MR) is 145 cm³/mol. The zero-order chi connectivity index (χ0) is 25.1. The van der Waals surface area contributed by atoms with Crippen molar-refractivity contribution in [1.29, 1.82) is 0 Å². The lowest BCUT2D eigenvalue weighted by Gasteiger charge is -2.33. The Morgan fingerprint density at radius 3 is 1.56 bits per heavy atom. The molecule has 1 aromatic rings. The van der Waals surface area contributed by atoms with Gasteiger partial charge in [-0.05, 0) is 38.2 Å². The molecule has 0 spiro atoms. The normalized spacial score (nSPS) is 13.3. The Balaban J connectivity index is 2.16. The first-order valence-corrected chi connectivity index (χ1v) is 15.3. The fraction of sp³-hybridized carbons (Fsp3) is 0.793. The zero-order valence-electron chi connectivity index (χ0n) is 22.3. The van der Waals surface area contributed by atoms with E-state index in [9.17, 15) is 13.0 Å². The average molecular weight is 497 g/mol. The predicted octanol–water partition coefficient (Wildman–Crippen LogP) is 9.09. The van der Waals surface area contributed by atoms with Gasteiger partial charge >= 0.3 is 10.4 Å². The summed E-state index contributed by atoms with van der Waals surface area (Å²) in [5.74, 6) is 0.0171. The second kappa shape index (κ2) is 18.4. The quantitative estimate of drug-likeness (QED) is 0.128. The SMILES string of the molecule is CCCCCCCCCCCCCCCCCCC(Cc1ccccc1)C(C)(C)OS(=O)(=O)O. The van der Waals surface area contributed by atoms with Gasteiger partial charge in [0.2, 0.25) is 0 Å². The van der Waals surface area contributed by atoms with Crippen LogP contribution in [0.2, 0.25) is 0 Å². The number of hydrogen-bond donors (Lipinski definition) is 1. The highest BCUT2D eigenvalue weighted by atomic mass is 32.3. The highest BCUT2D eigenvalue weighted by molar-refractivity contribution is 7.80. The Labute approximate surface area is 211 Å². The highest BCUT2D eigenvalue weighted by Crippen LogP contribution is 2.31. The van der Waals surface area contributed by atoms with Gasteiger partial charge in [0, 0.05) is 0 Å². The molecule has 0 radical (unpaired) electrons. The maximum absolute atomic E-state index is 11.4. The molecule has 0 aromatic heterocycles. The Morgan fingerprint density at radius 2 is 1.15 bits per heavy atom. The standard InChI is InChI=1S/C29H52O4S/c1-4-5-6-7-8-9-10-11-12-13-14-15-16-17-18-22-25-28(26-27-23-20-19-21-24-27)29(2,3)33-34(30,31)32/h19-21,23-24,28H,4-18,22,25-26H2,1-3H3,(H,30,31,32). The molecule has 1 unspecified atom stereocenters. The second-order valence-corrected chi connectivity index (χ2v) is 11.6. The van der Waals surface area contributed by atoms with Gasteiger partial charge in [-0.1, -0.05) is 140 Å². The average Bonchev–Trinajstić information content (AvgIpc) is 2.77. The molecule has 1 atom stereocenters. The van der Waals surface area contributed by atoms with Crippen molar-refractivity contribution < 1.29 is 17.2 Å². The minimum atomic E-state index is -4.48. The smallest absolute Gasteiger partial charge is 0.264 e. The van der Waals surface area contributed by atoms with Gasteiger partial charge in [-0.25, -0.2) is 4.18 Å². The van der Waals surface area contributed by atoms with Crippen LogP contribution < -0.4 is 0 Å². The molecular weight excluding hydrogens is 444 g/mol. The summed E-state index contributed by atoms with van der Waals surface area (Å²) in [6.07, 6.45) is 23.0. The molecule has 0 aliphatic carbocycles. The summed E-state index contributed by atoms with van der Waals surface area (Å²) in [4.78, 5) is 0. The van der Waals surface area contributed by atoms with Gasteiger partial charge in [0.25, 0.3) is 0 Å². The van der Waals surface area contributed by atoms with E-state index in [1.807, 2.05) is 18.2 Å². The van der Waals surface area contributed by atoms with Crippen molar-refractivity contribution in [3.05, 3.63) is 35.9 Å². The van der Waals surface area contributed by atoms with Crippen LogP contribution in [0, 0.1) is 5.92 Å². The molecule has 34 heavy (non-hydrogen) atoms. The van der Waals surface area contributed by atoms with Gasteiger partial charge in [0.05, 0.1) is 5.60 Å². The first kappa shape index (κ1) is 31.1. The molecule has 0 saturated heterocycles. The van der Waals surface area contributed by atoms with E-state index in [0.717, 1.165) is 31.2 Å². The van der Waals surface area contributed by atoms with Crippen LogP contribution in [0.4, 0.5) is 0 Å². The molecular formula is C29H52O4S. The van der Waals surface area contributed by atoms with Crippen LogP contribution in [-0.2, 0) is 21.0 Å². The van der Waals surface area contributed by atoms with Gasteiger partial charge in [0.1, 0.15) is 0 Å². The van der Waals surface area contributed by atoms with Crippen LogP contribution in [0.5, 0.6) is 0 Å². The molecule has 4 nitrogen and oxygen atoms in total. The third-order valence-corrected chi connectivity index (χ3v) is 7.67. The van der Waals surface area contributed by atoms with Crippen molar-refractivity contribution >= 4 is 10.4 Å². The summed E-state index contributed by atoms with van der Waals surface area (Å²) in [5, 5.41) is 0. The third kappa shape index (κ3) is 16.7. The van der Waals surface area contributed by atoms with Crippen molar-refractivity contribution in [2.45, 2.75) is 142 Å². The molecule has 0 bridgehead atoms. The molecule has 0 amide bonds. The molecule has 0 heterocycles. The molecule has 1 rings (SSSR count). The van der Waals surface area contributed by atoms with Crippen molar-refractivity contribution in [3.63, 3.8) is 0 Å². The molecule has 0 saturated carbocycles. The summed E-state index contributed by atoms with van der Waals surface area (Å²) in [6, 6.07) is 10.1. The minimum absolute atomic E-state index is 0.0171. The Bertz CT molecular complexity index is 700. The van der Waals surface area contributed by atoms with Gasteiger partial charge in [0.15, 0.2) is 0 Å². The fourth-order valence-electron chi connectivity index (χ4n) is 4.87. The highest BCUT2D eigenvalue weighted by Gasteiger charge is 2.34. The number of hydrogen-bond acceptors (Lipinski definition) is 3. The maximum atomic E-state index is 11.4. The maximum Gasteiger partial charge on any atom is 0.397 e. The van der Waals surface area contributed by atoms with Crippen LogP contribution in [0.1, 0.15) is 135 Å². The van der Waals surface area contributed by atoms with Crippen molar-refractivity contribution in [2.75, 3.05) is 0 Å². The molecule has 1 aromatic carbocycles. The molecule has 1 N–H and O–H groups in total. The third-order valence-electron chi connectivity index (χ3n) is 7.03. The van der Waals surface area contributed by atoms with E-state index in [1.165, 1.54) is 89.9 Å². The zero-order valence-corrected chi connectivity index (χ0v) is 23.1. The van der Waals surface area contributed by atoms with Crippen molar-refractivity contribution in [2.24, 2.45) is 5.92 Å². The topological polar surface area (TPSA) is 63.6 Å². The monoisotopic (exact) mass is 496 g/mol. The molecule has 5 heteroatoms. The molecule has 0 aliphatic rings. The lowest BCUT2D eigenvalue weighted by molar-refractivity contribution is 0.0332. The summed E-state index contributed by atoms with van der Waals surface area (Å²) in [7, 11) is -4.48. The summed E-state index contributed by atoms with van der Waals surface area (Å²) >= 11 is 0. The van der Waals surface area contributed by atoms with E-state index in [-0.39, 0.29) is 5.92 Å². The van der Waals surface area contributed by atoms with E-state index in [1.54, 1.807) is 13.8 Å². The van der Waals surface area contributed by atoms with E-state index in [0.29, 0.717) is 0 Å². The summed E-state index contributed by atoms with van der Waals surface area (Å²) in [6.45, 7) is 5.80. The molecule has 0 aliphatic heterocycles. The van der Waals surface area contributed by atoms with Crippen molar-refractivity contribution in [3.8, 4) is 0 Å². The molecule has 0 fully saturated rings. The summed E-state index contributed by atoms with van der Waals surface area (Å²) in [5.41, 5.74) is 0.217. The van der Waals surface area contributed by atoms with E-state index >= 15 is 0 Å². The lowest BCUT2D eigenvalue weighted by atomic mass is 9.82. The van der Waals surface area contributed by atoms with Crippen LogP contribution in [0.15, 0.2) is 30.3 Å². The van der Waals surface area contributed by atoms with Crippen LogP contribution >= 0.6 is 0 Å². The van der Waals surface area contributed by atoms with Gasteiger partial charge in [-0.15, -0.1) is 0 Å². The minimum Gasteiger partial charge on any atom is -0.264 e. The fourth-order valence-corrected chi connectivity index (χ4v) is 5.55. The second-order valence-electron chi connectivity index (χ2n) is 10.6. The number of rotatable bonds is 22. The molecule has 198 valence electrons. The van der Waals surface area contributed by atoms with Crippen LogP contribution in [-0.4, -0.2) is 18.6 Å². The Morgan fingerprint density at radius 1 is 0.735 bits per heavy atom. The Hall–Kier alpha value is -0.910. The van der Waals surface area contributed by atoms with E-state index in [2.05, 4.69) is 19.1 Å². The first-order chi connectivity index (χ1) is 16.2. The van der Waals surface area contributed by atoms with E-state index < -0.39 is 16.0 Å². The van der Waals surface area contributed by atoms with Crippen molar-refractivity contribution in [1.82, 2.24) is 0 Å². The van der Waals surface area contributed by atoms with Gasteiger partial charge < -0.3 is 0 Å². The number of unbranched alkanes of at least 4 members (excludes halogenated alkanes) is 15. The lowest BCUT2D eigenvalue weighted by Crippen LogP contribution is -2.38. The largest absolute Gasteiger partial charge is 0.397 e. The first-order valence-electron chi connectivity index (χ1n) is 14.0. The van der Waals surface area contributed by atoms with Gasteiger partial charge in [-0.2, -0.15) is 8.42 Å². The van der Waals surface area contributed by atoms with Crippen LogP contribution in [0.25, 0.3) is 0 Å². The summed E-state index contributed by atoms with van der Waals surface area (Å²) < 4.78 is 37.0. The van der Waals surface area contributed by atoms with Gasteiger partial charge in [-0.3, -0.25) is 4.55 Å².